The van der Waals surface area contributed by atoms with Crippen LogP contribution in [0, 0.1) is 0 Å². The molecule has 6 nitrogen and oxygen atoms in total. The second kappa shape index (κ2) is 8.82. The summed E-state index contributed by atoms with van der Waals surface area (Å²) in [5.74, 6) is -0.717. The number of halogens is 2. The van der Waals surface area contributed by atoms with Crippen molar-refractivity contribution in [2.75, 3.05) is 26.3 Å². The number of carbonyl (C=O) groups excluding carboxylic acids is 1. The fourth-order valence-electron chi connectivity index (χ4n) is 3.17. The molecule has 0 unspecified atom stereocenters. The fraction of sp³-hybridized carbons (Fsp3) is 0.250. The standard InChI is InChI=1S/C20H17Cl2NO5S2/c21-16-10-17(22)19(30(25,26)23-5-7-27-8-6-23)9-15(16)20(24)28-11-13-12-29-18-4-2-1-3-14(13)18/h1-4,9-10,12H,5-8,11H2. The summed E-state index contributed by atoms with van der Waals surface area (Å²) in [4.78, 5) is 12.5. The van der Waals surface area contributed by atoms with Gasteiger partial charge in [0.2, 0.25) is 10.0 Å². The van der Waals surface area contributed by atoms with E-state index in [-0.39, 0.29) is 40.2 Å². The Morgan fingerprint density at radius 1 is 1.13 bits per heavy atom. The third-order valence-electron chi connectivity index (χ3n) is 4.75. The SMILES string of the molecule is O=C(OCc1csc2ccccc12)c1cc(S(=O)(=O)N2CCOCC2)c(Cl)cc1Cl. The molecule has 158 valence electrons. The second-order valence-corrected chi connectivity index (χ2v) is 10.2. The number of thiophene rings is 1. The summed E-state index contributed by atoms with van der Waals surface area (Å²) in [6, 6.07) is 10.2. The molecule has 1 aliphatic rings. The quantitative estimate of drug-likeness (QED) is 0.494. The molecule has 30 heavy (non-hydrogen) atoms. The fourth-order valence-corrected chi connectivity index (χ4v) is 6.36. The predicted octanol–water partition coefficient (Wildman–Crippen LogP) is 4.59. The van der Waals surface area contributed by atoms with Crippen LogP contribution in [0.25, 0.3) is 10.1 Å². The number of hydrogen-bond donors (Lipinski definition) is 0. The van der Waals surface area contributed by atoms with Gasteiger partial charge in [0, 0.05) is 23.4 Å². The summed E-state index contributed by atoms with van der Waals surface area (Å²) in [5.41, 5.74) is 0.822. The highest BCUT2D eigenvalue weighted by Gasteiger charge is 2.30. The molecule has 0 radical (unpaired) electrons. The molecule has 0 amide bonds. The number of carbonyl (C=O) groups is 1. The van der Waals surface area contributed by atoms with Crippen LogP contribution in [0.5, 0.6) is 0 Å². The molecule has 0 spiro atoms. The van der Waals surface area contributed by atoms with Crippen LogP contribution in [0.3, 0.4) is 0 Å². The van der Waals surface area contributed by atoms with Crippen molar-refractivity contribution in [1.29, 1.82) is 0 Å². The van der Waals surface area contributed by atoms with Crippen LogP contribution < -0.4 is 0 Å². The molecule has 4 rings (SSSR count). The lowest BCUT2D eigenvalue weighted by Gasteiger charge is -2.26. The lowest BCUT2D eigenvalue weighted by molar-refractivity contribution is 0.0474. The minimum Gasteiger partial charge on any atom is -0.457 e. The van der Waals surface area contributed by atoms with E-state index in [1.165, 1.54) is 16.4 Å². The molecule has 0 bridgehead atoms. The predicted molar refractivity (Wildman–Crippen MR) is 117 cm³/mol. The van der Waals surface area contributed by atoms with E-state index >= 15 is 0 Å². The largest absolute Gasteiger partial charge is 0.457 e. The van der Waals surface area contributed by atoms with Crippen molar-refractivity contribution in [3.63, 3.8) is 0 Å². The molecule has 1 aromatic heterocycles. The number of hydrogen-bond acceptors (Lipinski definition) is 6. The van der Waals surface area contributed by atoms with Gasteiger partial charge in [-0.3, -0.25) is 0 Å². The van der Waals surface area contributed by atoms with Crippen molar-refractivity contribution in [2.24, 2.45) is 0 Å². The maximum absolute atomic E-state index is 13.0. The number of sulfonamides is 1. The first-order valence-electron chi connectivity index (χ1n) is 9.07. The zero-order chi connectivity index (χ0) is 21.3. The average Bonchev–Trinajstić information content (AvgIpc) is 3.15. The van der Waals surface area contributed by atoms with Gasteiger partial charge in [0.15, 0.2) is 0 Å². The smallest absolute Gasteiger partial charge is 0.340 e. The zero-order valence-electron chi connectivity index (χ0n) is 15.6. The van der Waals surface area contributed by atoms with Gasteiger partial charge in [0.1, 0.15) is 11.5 Å². The van der Waals surface area contributed by atoms with Crippen LogP contribution in [-0.4, -0.2) is 45.0 Å². The Kier molecular flexibility index (Phi) is 6.34. The Bertz CT molecular complexity index is 1200. The molecule has 1 aliphatic heterocycles. The summed E-state index contributed by atoms with van der Waals surface area (Å²) in [7, 11) is -3.90. The van der Waals surface area contributed by atoms with Gasteiger partial charge >= 0.3 is 5.97 Å². The highest BCUT2D eigenvalue weighted by molar-refractivity contribution is 7.89. The number of benzene rings is 2. The van der Waals surface area contributed by atoms with Crippen LogP contribution in [0.15, 0.2) is 46.7 Å². The Morgan fingerprint density at radius 3 is 2.63 bits per heavy atom. The topological polar surface area (TPSA) is 72.9 Å². The first-order chi connectivity index (χ1) is 14.4. The van der Waals surface area contributed by atoms with Crippen molar-refractivity contribution in [3.8, 4) is 0 Å². The summed E-state index contributed by atoms with van der Waals surface area (Å²) in [6.07, 6.45) is 0. The van der Waals surface area contributed by atoms with E-state index in [1.54, 1.807) is 11.3 Å². The molecule has 2 aromatic carbocycles. The van der Waals surface area contributed by atoms with Crippen LogP contribution in [0.2, 0.25) is 10.0 Å². The molecular formula is C20H17Cl2NO5S2. The number of nitrogens with zero attached hydrogens (tertiary/aromatic N) is 1. The highest BCUT2D eigenvalue weighted by atomic mass is 35.5. The maximum Gasteiger partial charge on any atom is 0.340 e. The third-order valence-corrected chi connectivity index (χ3v) is 8.44. The van der Waals surface area contributed by atoms with Gasteiger partial charge in [-0.2, -0.15) is 4.31 Å². The van der Waals surface area contributed by atoms with E-state index in [0.29, 0.717) is 13.2 Å². The van der Waals surface area contributed by atoms with E-state index < -0.39 is 16.0 Å². The molecule has 0 saturated carbocycles. The molecule has 0 atom stereocenters. The average molecular weight is 486 g/mol. The molecule has 10 heteroatoms. The van der Waals surface area contributed by atoms with Gasteiger partial charge in [0.25, 0.3) is 0 Å². The monoisotopic (exact) mass is 485 g/mol. The van der Waals surface area contributed by atoms with Crippen molar-refractivity contribution < 1.29 is 22.7 Å². The number of rotatable bonds is 5. The maximum atomic E-state index is 13.0. The van der Waals surface area contributed by atoms with Crippen LogP contribution in [0.4, 0.5) is 0 Å². The normalized spacial score (nSPS) is 15.4. The van der Waals surface area contributed by atoms with Crippen molar-refractivity contribution >= 4 is 60.6 Å². The summed E-state index contributed by atoms with van der Waals surface area (Å²) in [6.45, 7) is 1.08. The first kappa shape index (κ1) is 21.5. The molecule has 1 fully saturated rings. The van der Waals surface area contributed by atoms with Gasteiger partial charge in [-0.25, -0.2) is 13.2 Å². The molecular weight excluding hydrogens is 469 g/mol. The third kappa shape index (κ3) is 4.21. The Morgan fingerprint density at radius 2 is 1.87 bits per heavy atom. The van der Waals surface area contributed by atoms with Gasteiger partial charge in [-0.1, -0.05) is 41.4 Å². The number of ether oxygens (including phenoxy) is 2. The zero-order valence-corrected chi connectivity index (χ0v) is 18.8. The Labute approximate surface area is 188 Å². The van der Waals surface area contributed by atoms with Crippen molar-refractivity contribution in [2.45, 2.75) is 11.5 Å². The van der Waals surface area contributed by atoms with E-state index in [9.17, 15) is 13.2 Å². The van der Waals surface area contributed by atoms with E-state index in [4.69, 9.17) is 32.7 Å². The lowest BCUT2D eigenvalue weighted by atomic mass is 10.2. The van der Waals surface area contributed by atoms with Crippen LogP contribution in [0.1, 0.15) is 15.9 Å². The van der Waals surface area contributed by atoms with Crippen LogP contribution >= 0.6 is 34.5 Å². The summed E-state index contributed by atoms with van der Waals surface area (Å²) in [5, 5.41) is 2.91. The van der Waals surface area contributed by atoms with Crippen molar-refractivity contribution in [1.82, 2.24) is 4.31 Å². The lowest BCUT2D eigenvalue weighted by Crippen LogP contribution is -2.40. The number of esters is 1. The second-order valence-electron chi connectivity index (χ2n) is 6.61. The molecule has 0 N–H and O–H groups in total. The minimum absolute atomic E-state index is 0.0288. The van der Waals surface area contributed by atoms with E-state index in [2.05, 4.69) is 0 Å². The van der Waals surface area contributed by atoms with Gasteiger partial charge in [0.05, 0.1) is 28.8 Å². The highest BCUT2D eigenvalue weighted by Crippen LogP contribution is 2.32. The van der Waals surface area contributed by atoms with Gasteiger partial charge < -0.3 is 9.47 Å². The summed E-state index contributed by atoms with van der Waals surface area (Å²) >= 11 is 13.9. The molecule has 1 saturated heterocycles. The van der Waals surface area contributed by atoms with E-state index in [1.807, 2.05) is 29.6 Å². The summed E-state index contributed by atoms with van der Waals surface area (Å²) < 4.78 is 39.0. The first-order valence-corrected chi connectivity index (χ1v) is 12.1. The Balaban J connectivity index is 1.59. The number of fused-ring (bicyclic) bond motifs is 1. The van der Waals surface area contributed by atoms with Gasteiger partial charge in [-0.05, 0) is 29.0 Å². The Hall–Kier alpha value is -1.68. The number of morpholine rings is 1. The van der Waals surface area contributed by atoms with Crippen molar-refractivity contribution in [3.05, 3.63) is 63.0 Å². The van der Waals surface area contributed by atoms with Gasteiger partial charge in [-0.15, -0.1) is 11.3 Å². The molecule has 0 aliphatic carbocycles. The molecule has 3 aromatic rings. The molecule has 2 heterocycles. The van der Waals surface area contributed by atoms with E-state index in [0.717, 1.165) is 15.6 Å². The van der Waals surface area contributed by atoms with Crippen LogP contribution in [-0.2, 0) is 26.1 Å². The minimum atomic E-state index is -3.90.